The Hall–Kier alpha value is -2.73. The maximum atomic E-state index is 5.98. The molecule has 0 aliphatic carbocycles. The van der Waals surface area contributed by atoms with E-state index in [0.717, 1.165) is 30.6 Å². The maximum absolute atomic E-state index is 5.98. The van der Waals surface area contributed by atoms with Crippen LogP contribution < -0.4 is 4.90 Å². The fourth-order valence-electron chi connectivity index (χ4n) is 2.78. The van der Waals surface area contributed by atoms with Crippen LogP contribution in [0.1, 0.15) is 12.0 Å². The summed E-state index contributed by atoms with van der Waals surface area (Å²) in [5.41, 5.74) is 2.07. The number of rotatable bonds is 5. The van der Waals surface area contributed by atoms with Gasteiger partial charge in [-0.15, -0.1) is 0 Å². The van der Waals surface area contributed by atoms with E-state index in [1.807, 2.05) is 42.5 Å². The first-order valence-electron chi connectivity index (χ1n) is 8.03. The third-order valence-corrected chi connectivity index (χ3v) is 4.10. The molecule has 0 radical (unpaired) electrons. The van der Waals surface area contributed by atoms with E-state index in [1.54, 1.807) is 12.4 Å². The van der Waals surface area contributed by atoms with Crippen molar-refractivity contribution in [2.24, 2.45) is 0 Å². The fraction of sp³-hybridized carbons (Fsp3) is 0.278. The van der Waals surface area contributed by atoms with Crippen molar-refractivity contribution < 1.29 is 9.26 Å². The predicted octanol–water partition coefficient (Wildman–Crippen LogP) is 2.93. The van der Waals surface area contributed by atoms with E-state index in [9.17, 15) is 0 Å². The Morgan fingerprint density at radius 1 is 1.12 bits per heavy atom. The first-order valence-corrected chi connectivity index (χ1v) is 8.03. The van der Waals surface area contributed by atoms with E-state index in [1.165, 1.54) is 0 Å². The minimum atomic E-state index is 0.178. The molecule has 0 N–H and O–H groups in total. The Kier molecular flexibility index (Phi) is 4.20. The van der Waals surface area contributed by atoms with Crippen LogP contribution in [-0.2, 0) is 11.3 Å². The summed E-state index contributed by atoms with van der Waals surface area (Å²) in [5.74, 6) is 1.18. The Balaban J connectivity index is 1.36. The van der Waals surface area contributed by atoms with Gasteiger partial charge in [0.1, 0.15) is 0 Å². The zero-order chi connectivity index (χ0) is 16.2. The fourth-order valence-corrected chi connectivity index (χ4v) is 2.78. The summed E-state index contributed by atoms with van der Waals surface area (Å²) in [6.07, 6.45) is 4.70. The normalized spacial score (nSPS) is 17.3. The van der Waals surface area contributed by atoms with Crippen molar-refractivity contribution in [3.63, 3.8) is 0 Å². The predicted molar refractivity (Wildman–Crippen MR) is 89.4 cm³/mol. The van der Waals surface area contributed by atoms with Crippen molar-refractivity contribution in [1.29, 1.82) is 0 Å². The number of hydrogen-bond donors (Lipinski definition) is 0. The zero-order valence-corrected chi connectivity index (χ0v) is 13.2. The number of aromatic nitrogens is 3. The highest BCUT2D eigenvalue weighted by Crippen LogP contribution is 2.23. The number of nitrogens with zero attached hydrogens (tertiary/aromatic N) is 4. The van der Waals surface area contributed by atoms with E-state index >= 15 is 0 Å². The van der Waals surface area contributed by atoms with Gasteiger partial charge < -0.3 is 14.2 Å². The van der Waals surface area contributed by atoms with Crippen molar-refractivity contribution in [1.82, 2.24) is 15.1 Å². The smallest absolute Gasteiger partial charge is 0.266 e. The molecule has 122 valence electrons. The molecule has 3 heterocycles. The Morgan fingerprint density at radius 3 is 2.79 bits per heavy atom. The van der Waals surface area contributed by atoms with Crippen LogP contribution in [0, 0.1) is 0 Å². The number of benzene rings is 1. The first-order chi connectivity index (χ1) is 11.9. The van der Waals surface area contributed by atoms with Crippen LogP contribution in [-0.4, -0.2) is 34.3 Å². The van der Waals surface area contributed by atoms with Crippen LogP contribution in [0.15, 0.2) is 59.4 Å². The van der Waals surface area contributed by atoms with Crippen LogP contribution in [0.4, 0.5) is 5.95 Å². The van der Waals surface area contributed by atoms with Gasteiger partial charge in [0, 0.05) is 31.0 Å². The lowest BCUT2D eigenvalue weighted by Crippen LogP contribution is -2.23. The summed E-state index contributed by atoms with van der Waals surface area (Å²) in [6, 6.07) is 13.7. The van der Waals surface area contributed by atoms with Gasteiger partial charge >= 0.3 is 0 Å². The highest BCUT2D eigenvalue weighted by molar-refractivity contribution is 5.54. The van der Waals surface area contributed by atoms with Crippen molar-refractivity contribution in [3.05, 3.63) is 60.4 Å². The lowest BCUT2D eigenvalue weighted by atomic mass is 10.2. The van der Waals surface area contributed by atoms with Gasteiger partial charge in [-0.25, -0.2) is 0 Å². The summed E-state index contributed by atoms with van der Waals surface area (Å²) in [7, 11) is 0. The molecule has 6 nitrogen and oxygen atoms in total. The summed E-state index contributed by atoms with van der Waals surface area (Å²) in [6.45, 7) is 2.25. The molecule has 0 saturated carbocycles. The third kappa shape index (κ3) is 3.28. The lowest BCUT2D eigenvalue weighted by Gasteiger charge is -2.14. The largest absolute Gasteiger partial charge is 0.372 e. The molecular weight excluding hydrogens is 304 g/mol. The van der Waals surface area contributed by atoms with Gasteiger partial charge in [0.2, 0.25) is 0 Å². The number of anilines is 1. The third-order valence-electron chi connectivity index (χ3n) is 4.10. The Morgan fingerprint density at radius 2 is 1.96 bits per heavy atom. The van der Waals surface area contributed by atoms with E-state index in [4.69, 9.17) is 9.26 Å². The van der Waals surface area contributed by atoms with Crippen molar-refractivity contribution in [2.45, 2.75) is 19.1 Å². The van der Waals surface area contributed by atoms with Gasteiger partial charge in [0.15, 0.2) is 0 Å². The molecular formula is C18H18N4O2. The molecule has 0 spiro atoms. The van der Waals surface area contributed by atoms with Crippen molar-refractivity contribution in [2.75, 3.05) is 18.0 Å². The van der Waals surface area contributed by atoms with Crippen LogP contribution in [0.25, 0.3) is 11.5 Å². The number of pyridine rings is 1. The average Bonchev–Trinajstić information content (AvgIpc) is 3.31. The van der Waals surface area contributed by atoms with E-state index < -0.39 is 0 Å². The monoisotopic (exact) mass is 322 g/mol. The second-order valence-corrected chi connectivity index (χ2v) is 5.79. The standard InChI is InChI=1S/C18H18N4O2/c1-2-4-15(5-3-1)17-20-18(21-24-17)22-11-8-16(12-22)23-13-14-6-9-19-10-7-14/h1-7,9-10,16H,8,11-13H2/t16-/m1/s1. The summed E-state index contributed by atoms with van der Waals surface area (Å²) in [4.78, 5) is 10.6. The highest BCUT2D eigenvalue weighted by Gasteiger charge is 2.26. The zero-order valence-electron chi connectivity index (χ0n) is 13.2. The molecule has 4 rings (SSSR count). The molecule has 0 bridgehead atoms. The molecule has 1 atom stereocenters. The van der Waals surface area contributed by atoms with Gasteiger partial charge in [0.05, 0.1) is 12.7 Å². The van der Waals surface area contributed by atoms with Gasteiger partial charge in [-0.2, -0.15) is 4.98 Å². The van der Waals surface area contributed by atoms with Crippen LogP contribution in [0.3, 0.4) is 0 Å². The van der Waals surface area contributed by atoms with E-state index in [0.29, 0.717) is 18.4 Å². The average molecular weight is 322 g/mol. The molecule has 3 aromatic rings. The molecule has 6 heteroatoms. The quantitative estimate of drug-likeness (QED) is 0.719. The van der Waals surface area contributed by atoms with E-state index in [2.05, 4.69) is 20.0 Å². The van der Waals surface area contributed by atoms with E-state index in [-0.39, 0.29) is 6.10 Å². The van der Waals surface area contributed by atoms with Crippen LogP contribution >= 0.6 is 0 Å². The van der Waals surface area contributed by atoms with Gasteiger partial charge in [-0.05, 0) is 41.4 Å². The molecule has 1 fully saturated rings. The molecule has 1 aliphatic rings. The highest BCUT2D eigenvalue weighted by atomic mass is 16.5. The lowest BCUT2D eigenvalue weighted by molar-refractivity contribution is 0.0552. The molecule has 1 saturated heterocycles. The first kappa shape index (κ1) is 14.8. The second-order valence-electron chi connectivity index (χ2n) is 5.79. The van der Waals surface area contributed by atoms with Crippen LogP contribution in [0.2, 0.25) is 0 Å². The minimum Gasteiger partial charge on any atom is -0.372 e. The maximum Gasteiger partial charge on any atom is 0.266 e. The minimum absolute atomic E-state index is 0.178. The molecule has 24 heavy (non-hydrogen) atoms. The van der Waals surface area contributed by atoms with Gasteiger partial charge in [-0.1, -0.05) is 18.2 Å². The molecule has 0 unspecified atom stereocenters. The van der Waals surface area contributed by atoms with Crippen molar-refractivity contribution >= 4 is 5.95 Å². The second kappa shape index (κ2) is 6.80. The van der Waals surface area contributed by atoms with Crippen molar-refractivity contribution in [3.8, 4) is 11.5 Å². The summed E-state index contributed by atoms with van der Waals surface area (Å²) >= 11 is 0. The number of hydrogen-bond acceptors (Lipinski definition) is 6. The molecule has 1 aromatic carbocycles. The van der Waals surface area contributed by atoms with Gasteiger partial charge in [0.25, 0.3) is 11.8 Å². The topological polar surface area (TPSA) is 64.3 Å². The number of ether oxygens (including phenoxy) is 1. The molecule has 0 amide bonds. The van der Waals surface area contributed by atoms with Crippen LogP contribution in [0.5, 0.6) is 0 Å². The van der Waals surface area contributed by atoms with Gasteiger partial charge in [-0.3, -0.25) is 4.98 Å². The molecule has 2 aromatic heterocycles. The summed E-state index contributed by atoms with van der Waals surface area (Å²) in [5, 5.41) is 4.10. The molecule has 1 aliphatic heterocycles. The summed E-state index contributed by atoms with van der Waals surface area (Å²) < 4.78 is 11.4. The SMILES string of the molecule is c1ccc(-c2nc(N3CC[C@@H](OCc4ccncc4)C3)no2)cc1. The Bertz CT molecular complexity index is 776. The Labute approximate surface area is 140 Å².